The van der Waals surface area contributed by atoms with Crippen molar-refractivity contribution in [1.29, 1.82) is 0 Å². The Kier molecular flexibility index (Phi) is 9.68. The number of anilines is 6. The maximum absolute atomic E-state index is 2.43. The molecule has 0 spiro atoms. The summed E-state index contributed by atoms with van der Waals surface area (Å²) in [5.41, 5.74) is 22.5. The van der Waals surface area contributed by atoms with E-state index >= 15 is 0 Å². The number of fused-ring (bicyclic) bond motifs is 6. The standard InChI is InChI=1S/C61H56N2/c1-41-19-27-47(28-20-41)63(48-29-25-44(26-30-48)59(2,3)4)50-32-36-54-52-34-24-43(38-56(52)61(7,8)58(54)40-50)22-21-42-23-33-51-53-35-31-49(39-57(53)60(5,6)55(51)37-42)62(45-15-11-9-12-16-45)46-17-13-10-14-18-46/h9-40H,1-8H3/b22-21+. The highest BCUT2D eigenvalue weighted by atomic mass is 15.1. The third kappa shape index (κ3) is 7.08. The summed E-state index contributed by atoms with van der Waals surface area (Å²) in [4.78, 5) is 4.76. The number of aryl methyl sites for hydroxylation is 1. The van der Waals surface area contributed by atoms with Crippen molar-refractivity contribution >= 4 is 46.3 Å². The van der Waals surface area contributed by atoms with E-state index in [-0.39, 0.29) is 16.2 Å². The molecule has 0 fully saturated rings. The van der Waals surface area contributed by atoms with Crippen LogP contribution in [0.25, 0.3) is 34.4 Å². The Bertz CT molecular complexity index is 2980. The lowest BCUT2D eigenvalue weighted by molar-refractivity contribution is 0.590. The van der Waals surface area contributed by atoms with Crippen molar-refractivity contribution in [3.63, 3.8) is 0 Å². The SMILES string of the molecule is Cc1ccc(N(c2ccc(C(C)(C)C)cc2)c2ccc3c(c2)C(C)(C)c2cc(/C=C/c4ccc5c(c4)C(C)(C)c4cc(N(c6ccccc6)c6ccccc6)ccc4-5)ccc2-3)cc1. The Balaban J connectivity index is 0.938. The normalized spacial score (nSPS) is 14.2. The van der Waals surface area contributed by atoms with E-state index in [9.17, 15) is 0 Å². The van der Waals surface area contributed by atoms with Gasteiger partial charge in [0.1, 0.15) is 0 Å². The Hall–Kier alpha value is -6.90. The summed E-state index contributed by atoms with van der Waals surface area (Å²) in [5.74, 6) is 0. The molecule has 2 aliphatic carbocycles. The van der Waals surface area contributed by atoms with Crippen LogP contribution in [-0.4, -0.2) is 0 Å². The van der Waals surface area contributed by atoms with E-state index in [0.29, 0.717) is 0 Å². The van der Waals surface area contributed by atoms with Gasteiger partial charge in [0.15, 0.2) is 0 Å². The van der Waals surface area contributed by atoms with E-state index in [1.54, 1.807) is 0 Å². The molecular formula is C61H56N2. The average molecular weight is 817 g/mol. The van der Waals surface area contributed by atoms with Crippen molar-refractivity contribution in [3.05, 3.63) is 226 Å². The van der Waals surface area contributed by atoms with Crippen LogP contribution in [0.4, 0.5) is 34.1 Å². The highest BCUT2D eigenvalue weighted by Crippen LogP contribution is 2.53. The molecule has 2 heteroatoms. The van der Waals surface area contributed by atoms with Crippen molar-refractivity contribution in [3.8, 4) is 22.3 Å². The summed E-state index contributed by atoms with van der Waals surface area (Å²) in [6.07, 6.45) is 4.58. The Labute approximate surface area is 374 Å². The molecule has 2 aliphatic rings. The molecule has 310 valence electrons. The monoisotopic (exact) mass is 816 g/mol. The second-order valence-electron chi connectivity index (χ2n) is 19.6. The van der Waals surface area contributed by atoms with Crippen molar-refractivity contribution in [1.82, 2.24) is 0 Å². The number of benzene rings is 8. The predicted octanol–water partition coefficient (Wildman–Crippen LogP) is 17.0. The first kappa shape index (κ1) is 40.2. The molecule has 0 aliphatic heterocycles. The highest BCUT2D eigenvalue weighted by Gasteiger charge is 2.38. The zero-order valence-corrected chi connectivity index (χ0v) is 37.9. The molecule has 0 radical (unpaired) electrons. The van der Waals surface area contributed by atoms with Crippen molar-refractivity contribution in [2.75, 3.05) is 9.80 Å². The fraction of sp³-hybridized carbons (Fsp3) is 0.180. The van der Waals surface area contributed by atoms with Crippen LogP contribution in [0.1, 0.15) is 93.0 Å². The molecule has 8 aromatic carbocycles. The molecule has 8 aromatic rings. The van der Waals surface area contributed by atoms with Crippen LogP contribution in [-0.2, 0) is 16.2 Å². The van der Waals surface area contributed by atoms with Gasteiger partial charge in [0, 0.05) is 45.0 Å². The van der Waals surface area contributed by atoms with E-state index < -0.39 is 0 Å². The first-order valence-corrected chi connectivity index (χ1v) is 22.4. The Morgan fingerprint density at radius 3 is 1.10 bits per heavy atom. The van der Waals surface area contributed by atoms with Crippen molar-refractivity contribution in [2.45, 2.75) is 71.6 Å². The molecule has 63 heavy (non-hydrogen) atoms. The fourth-order valence-electron chi connectivity index (χ4n) is 10.0. The predicted molar refractivity (Wildman–Crippen MR) is 270 cm³/mol. The zero-order chi connectivity index (χ0) is 43.7. The van der Waals surface area contributed by atoms with E-state index in [4.69, 9.17) is 0 Å². The molecule has 2 nitrogen and oxygen atoms in total. The molecular weight excluding hydrogens is 761 g/mol. The summed E-state index contributed by atoms with van der Waals surface area (Å²) in [7, 11) is 0. The third-order valence-electron chi connectivity index (χ3n) is 13.7. The van der Waals surface area contributed by atoms with Gasteiger partial charge in [-0.25, -0.2) is 0 Å². The van der Waals surface area contributed by atoms with E-state index in [0.717, 1.165) is 22.7 Å². The van der Waals surface area contributed by atoms with E-state index in [1.807, 2.05) is 0 Å². The number of para-hydroxylation sites is 2. The topological polar surface area (TPSA) is 6.48 Å². The van der Waals surface area contributed by atoms with Crippen LogP contribution in [0.2, 0.25) is 0 Å². The third-order valence-corrected chi connectivity index (χ3v) is 13.7. The number of hydrogen-bond donors (Lipinski definition) is 0. The van der Waals surface area contributed by atoms with Crippen LogP contribution in [0.3, 0.4) is 0 Å². The van der Waals surface area contributed by atoms with Gasteiger partial charge in [0.2, 0.25) is 0 Å². The van der Waals surface area contributed by atoms with Gasteiger partial charge in [-0.3, -0.25) is 0 Å². The van der Waals surface area contributed by atoms with Gasteiger partial charge >= 0.3 is 0 Å². The number of nitrogens with zero attached hydrogens (tertiary/aromatic N) is 2. The van der Waals surface area contributed by atoms with Gasteiger partial charge < -0.3 is 9.80 Å². The maximum Gasteiger partial charge on any atom is 0.0465 e. The van der Waals surface area contributed by atoms with Gasteiger partial charge in [0.25, 0.3) is 0 Å². The van der Waals surface area contributed by atoms with Gasteiger partial charge in [0.05, 0.1) is 0 Å². The lowest BCUT2D eigenvalue weighted by Gasteiger charge is -2.29. The minimum absolute atomic E-state index is 0.0929. The van der Waals surface area contributed by atoms with Gasteiger partial charge in [-0.1, -0.05) is 175 Å². The lowest BCUT2D eigenvalue weighted by Crippen LogP contribution is -2.17. The van der Waals surface area contributed by atoms with E-state index in [1.165, 1.54) is 78.1 Å². The van der Waals surface area contributed by atoms with Crippen LogP contribution in [0.5, 0.6) is 0 Å². The molecule has 0 saturated heterocycles. The first-order valence-electron chi connectivity index (χ1n) is 22.4. The number of hydrogen-bond acceptors (Lipinski definition) is 2. The van der Waals surface area contributed by atoms with Crippen LogP contribution in [0, 0.1) is 6.92 Å². The Morgan fingerprint density at radius 1 is 0.365 bits per heavy atom. The summed E-state index contributed by atoms with van der Waals surface area (Å²) in [6.45, 7) is 18.5. The molecule has 0 bridgehead atoms. The maximum atomic E-state index is 2.43. The molecule has 0 saturated carbocycles. The molecule has 10 rings (SSSR count). The molecule has 0 unspecified atom stereocenters. The largest absolute Gasteiger partial charge is 0.310 e. The molecule has 0 amide bonds. The minimum Gasteiger partial charge on any atom is -0.310 e. The quantitative estimate of drug-likeness (QED) is 0.141. The second-order valence-corrected chi connectivity index (χ2v) is 19.6. The van der Waals surface area contributed by atoms with Gasteiger partial charge in [-0.15, -0.1) is 0 Å². The smallest absolute Gasteiger partial charge is 0.0465 e. The van der Waals surface area contributed by atoms with Gasteiger partial charge in [-0.2, -0.15) is 0 Å². The lowest BCUT2D eigenvalue weighted by atomic mass is 9.81. The van der Waals surface area contributed by atoms with Gasteiger partial charge in [-0.05, 0) is 146 Å². The zero-order valence-electron chi connectivity index (χ0n) is 37.9. The molecule has 0 atom stereocenters. The minimum atomic E-state index is -0.168. The molecule has 0 N–H and O–H groups in total. The van der Waals surface area contributed by atoms with Crippen LogP contribution >= 0.6 is 0 Å². The molecule has 0 heterocycles. The fourth-order valence-corrected chi connectivity index (χ4v) is 10.0. The van der Waals surface area contributed by atoms with Crippen molar-refractivity contribution < 1.29 is 0 Å². The first-order chi connectivity index (χ1) is 30.3. The average Bonchev–Trinajstić information content (AvgIpc) is 3.65. The second kappa shape index (κ2) is 15.2. The van der Waals surface area contributed by atoms with Crippen molar-refractivity contribution in [2.24, 2.45) is 0 Å². The number of rotatable bonds is 8. The van der Waals surface area contributed by atoms with Crippen LogP contribution in [0.15, 0.2) is 182 Å². The Morgan fingerprint density at radius 2 is 0.698 bits per heavy atom. The summed E-state index contributed by atoms with van der Waals surface area (Å²) >= 11 is 0. The van der Waals surface area contributed by atoms with E-state index in [2.05, 4.69) is 259 Å². The molecule has 0 aromatic heterocycles. The van der Waals surface area contributed by atoms with Crippen LogP contribution < -0.4 is 9.80 Å². The summed E-state index contributed by atoms with van der Waals surface area (Å²) < 4.78 is 0. The summed E-state index contributed by atoms with van der Waals surface area (Å²) in [5, 5.41) is 0. The highest BCUT2D eigenvalue weighted by molar-refractivity contribution is 5.89. The summed E-state index contributed by atoms with van der Waals surface area (Å²) in [6, 6.07) is 67.4.